The van der Waals surface area contributed by atoms with Crippen molar-refractivity contribution >= 4 is 38.6 Å². The van der Waals surface area contributed by atoms with Gasteiger partial charge in [-0.15, -0.1) is 0 Å². The van der Waals surface area contributed by atoms with E-state index < -0.39 is 0 Å². The molecule has 0 saturated carbocycles. The summed E-state index contributed by atoms with van der Waals surface area (Å²) in [5.74, 6) is 1.00. The number of rotatable bonds is 4. The van der Waals surface area contributed by atoms with E-state index in [0.29, 0.717) is 13.1 Å². The Kier molecular flexibility index (Phi) is 5.35. The number of carbonyl (C=O) groups excluding carboxylic acids is 1. The Hall–Kier alpha value is -2.41. The number of carbonyl (C=O) groups is 1. The largest absolute Gasteiger partial charge is 0.354 e. The summed E-state index contributed by atoms with van der Waals surface area (Å²) in [6, 6.07) is 10.0. The number of nitrogens with one attached hydrogen (secondary N) is 1. The van der Waals surface area contributed by atoms with Gasteiger partial charge in [0.2, 0.25) is 5.91 Å². The van der Waals surface area contributed by atoms with Crippen LogP contribution in [0, 0.1) is 12.8 Å². The molecule has 1 saturated heterocycles. The van der Waals surface area contributed by atoms with Crippen LogP contribution in [0.3, 0.4) is 0 Å². The molecule has 4 rings (SSSR count). The third kappa shape index (κ3) is 3.76. The van der Waals surface area contributed by atoms with Crippen LogP contribution >= 0.6 is 15.9 Å². The van der Waals surface area contributed by atoms with Crippen LogP contribution in [0.1, 0.15) is 24.1 Å². The van der Waals surface area contributed by atoms with E-state index in [1.807, 2.05) is 55.2 Å². The van der Waals surface area contributed by atoms with Gasteiger partial charge in [-0.1, -0.05) is 28.1 Å². The summed E-state index contributed by atoms with van der Waals surface area (Å²) in [5, 5.41) is 8.75. The van der Waals surface area contributed by atoms with Crippen molar-refractivity contribution in [2.24, 2.45) is 13.0 Å². The fourth-order valence-corrected chi connectivity index (χ4v) is 4.20. The smallest absolute Gasteiger partial charge is 0.225 e. The first-order valence-corrected chi connectivity index (χ1v) is 10.4. The zero-order chi connectivity index (χ0) is 19.7. The van der Waals surface area contributed by atoms with Crippen molar-refractivity contribution in [3.8, 4) is 0 Å². The summed E-state index contributed by atoms with van der Waals surface area (Å²) >= 11 is 3.44. The number of amides is 1. The molecule has 1 aliphatic heterocycles. The Morgan fingerprint density at radius 1 is 1.29 bits per heavy atom. The second-order valence-electron chi connectivity index (χ2n) is 7.37. The van der Waals surface area contributed by atoms with Crippen molar-refractivity contribution in [3.63, 3.8) is 0 Å². The quantitative estimate of drug-likeness (QED) is 0.671. The van der Waals surface area contributed by atoms with Gasteiger partial charge in [-0.25, -0.2) is 4.98 Å². The molecule has 0 unspecified atom stereocenters. The molecular formula is C21H24BrN5O. The number of hydrogen-bond acceptors (Lipinski definition) is 4. The van der Waals surface area contributed by atoms with Crippen LogP contribution in [0.4, 0.5) is 5.82 Å². The van der Waals surface area contributed by atoms with Crippen molar-refractivity contribution < 1.29 is 4.79 Å². The molecule has 0 spiro atoms. The summed E-state index contributed by atoms with van der Waals surface area (Å²) in [5.41, 5.74) is 3.14. The van der Waals surface area contributed by atoms with Gasteiger partial charge in [-0.3, -0.25) is 9.48 Å². The number of nitrogens with zero attached hydrogens (tertiary/aromatic N) is 4. The average Bonchev–Trinajstić information content (AvgIpc) is 3.01. The molecule has 1 N–H and O–H groups in total. The SMILES string of the molecule is Cc1nn(C)c2c(N3CCC[C@@H](C(=O)NCc4ccc(Br)cc4)C3)nccc12. The van der Waals surface area contributed by atoms with Crippen LogP contribution in [-0.4, -0.2) is 33.8 Å². The molecule has 3 heterocycles. The highest BCUT2D eigenvalue weighted by molar-refractivity contribution is 9.10. The second kappa shape index (κ2) is 7.91. The van der Waals surface area contributed by atoms with Gasteiger partial charge in [0, 0.05) is 42.7 Å². The zero-order valence-electron chi connectivity index (χ0n) is 16.2. The fraction of sp³-hybridized carbons (Fsp3) is 0.381. The van der Waals surface area contributed by atoms with Crippen molar-refractivity contribution in [2.45, 2.75) is 26.3 Å². The van der Waals surface area contributed by atoms with Crippen LogP contribution in [0.15, 0.2) is 41.0 Å². The Morgan fingerprint density at radius 3 is 2.86 bits per heavy atom. The van der Waals surface area contributed by atoms with Gasteiger partial charge in [0.15, 0.2) is 5.82 Å². The lowest BCUT2D eigenvalue weighted by Gasteiger charge is -2.33. The van der Waals surface area contributed by atoms with Gasteiger partial charge in [-0.05, 0) is 43.5 Å². The van der Waals surface area contributed by atoms with E-state index >= 15 is 0 Å². The third-order valence-corrected chi connectivity index (χ3v) is 5.92. The Bertz CT molecular complexity index is 998. The lowest BCUT2D eigenvalue weighted by Crippen LogP contribution is -2.43. The third-order valence-electron chi connectivity index (χ3n) is 5.39. The maximum absolute atomic E-state index is 12.8. The minimum atomic E-state index is -0.0319. The Labute approximate surface area is 173 Å². The van der Waals surface area contributed by atoms with E-state index in [1.165, 1.54) is 0 Å². The molecule has 28 heavy (non-hydrogen) atoms. The number of benzene rings is 1. The molecule has 7 heteroatoms. The van der Waals surface area contributed by atoms with E-state index in [-0.39, 0.29) is 11.8 Å². The molecule has 146 valence electrons. The Morgan fingerprint density at radius 2 is 2.07 bits per heavy atom. The molecule has 0 bridgehead atoms. The van der Waals surface area contributed by atoms with E-state index in [2.05, 4.69) is 36.2 Å². The molecule has 0 radical (unpaired) electrons. The highest BCUT2D eigenvalue weighted by Crippen LogP contribution is 2.29. The normalized spacial score (nSPS) is 17.1. The number of aryl methyl sites for hydroxylation is 2. The molecule has 1 aliphatic rings. The van der Waals surface area contributed by atoms with Crippen molar-refractivity contribution in [1.29, 1.82) is 0 Å². The van der Waals surface area contributed by atoms with Crippen LogP contribution in [-0.2, 0) is 18.4 Å². The predicted octanol–water partition coefficient (Wildman–Crippen LogP) is 3.57. The highest BCUT2D eigenvalue weighted by atomic mass is 79.9. The summed E-state index contributed by atoms with van der Waals surface area (Å²) in [4.78, 5) is 19.6. The molecular weight excluding hydrogens is 418 g/mol. The van der Waals surface area contributed by atoms with Gasteiger partial charge in [-0.2, -0.15) is 5.10 Å². The first kappa shape index (κ1) is 18.9. The fourth-order valence-electron chi connectivity index (χ4n) is 3.93. The minimum absolute atomic E-state index is 0.0319. The summed E-state index contributed by atoms with van der Waals surface area (Å²) < 4.78 is 2.93. The monoisotopic (exact) mass is 441 g/mol. The average molecular weight is 442 g/mol. The number of anilines is 1. The predicted molar refractivity (Wildman–Crippen MR) is 114 cm³/mol. The lowest BCUT2D eigenvalue weighted by atomic mass is 9.97. The van der Waals surface area contributed by atoms with Gasteiger partial charge in [0.1, 0.15) is 5.52 Å². The van der Waals surface area contributed by atoms with Gasteiger partial charge in [0.25, 0.3) is 0 Å². The standard InChI is InChI=1S/C21H24BrN5O/c1-14-18-9-10-23-20(19(18)26(2)25-14)27-11-3-4-16(13-27)21(28)24-12-15-5-7-17(22)8-6-15/h5-10,16H,3-4,11-13H2,1-2H3,(H,24,28)/t16-/m1/s1. The highest BCUT2D eigenvalue weighted by Gasteiger charge is 2.28. The maximum atomic E-state index is 12.8. The summed E-state index contributed by atoms with van der Waals surface area (Å²) in [7, 11) is 1.95. The second-order valence-corrected chi connectivity index (χ2v) is 8.28. The maximum Gasteiger partial charge on any atom is 0.225 e. The minimum Gasteiger partial charge on any atom is -0.354 e. The number of piperidine rings is 1. The molecule has 6 nitrogen and oxygen atoms in total. The van der Waals surface area contributed by atoms with E-state index in [9.17, 15) is 4.79 Å². The zero-order valence-corrected chi connectivity index (χ0v) is 17.7. The number of fused-ring (bicyclic) bond motifs is 1. The molecule has 1 aromatic carbocycles. The summed E-state index contributed by atoms with van der Waals surface area (Å²) in [6.45, 7) is 4.16. The first-order valence-electron chi connectivity index (χ1n) is 9.58. The number of pyridine rings is 1. The molecule has 0 aliphatic carbocycles. The lowest BCUT2D eigenvalue weighted by molar-refractivity contribution is -0.125. The van der Waals surface area contributed by atoms with Gasteiger partial charge >= 0.3 is 0 Å². The van der Waals surface area contributed by atoms with Crippen molar-refractivity contribution in [1.82, 2.24) is 20.1 Å². The van der Waals surface area contributed by atoms with Gasteiger partial charge < -0.3 is 10.2 Å². The first-order chi connectivity index (χ1) is 13.5. The van der Waals surface area contributed by atoms with Crippen LogP contribution in [0.25, 0.3) is 10.9 Å². The molecule has 1 fully saturated rings. The summed E-state index contributed by atoms with van der Waals surface area (Å²) in [6.07, 6.45) is 3.72. The topological polar surface area (TPSA) is 63.1 Å². The number of hydrogen-bond donors (Lipinski definition) is 1. The van der Waals surface area contributed by atoms with E-state index in [4.69, 9.17) is 0 Å². The van der Waals surface area contributed by atoms with Crippen molar-refractivity contribution in [2.75, 3.05) is 18.0 Å². The van der Waals surface area contributed by atoms with Crippen molar-refractivity contribution in [3.05, 3.63) is 52.3 Å². The van der Waals surface area contributed by atoms with Gasteiger partial charge in [0.05, 0.1) is 11.6 Å². The molecule has 2 aromatic heterocycles. The van der Waals surface area contributed by atoms with E-state index in [1.54, 1.807) is 0 Å². The van der Waals surface area contributed by atoms with Crippen LogP contribution in [0.2, 0.25) is 0 Å². The number of halogens is 1. The molecule has 1 atom stereocenters. The number of aromatic nitrogens is 3. The Balaban J connectivity index is 1.47. The molecule has 1 amide bonds. The molecule has 3 aromatic rings. The van der Waals surface area contributed by atoms with Crippen LogP contribution < -0.4 is 10.2 Å². The van der Waals surface area contributed by atoms with Crippen LogP contribution in [0.5, 0.6) is 0 Å². The van der Waals surface area contributed by atoms with E-state index in [0.717, 1.165) is 51.8 Å².